The van der Waals surface area contributed by atoms with Crippen LogP contribution in [0.1, 0.15) is 40.7 Å². The maximum Gasteiger partial charge on any atom is 0.225 e. The van der Waals surface area contributed by atoms with E-state index in [0.717, 1.165) is 51.3 Å². The number of nitrogens with one attached hydrogen (secondary N) is 1. The lowest BCUT2D eigenvalue weighted by Crippen LogP contribution is -2.36. The summed E-state index contributed by atoms with van der Waals surface area (Å²) in [5.41, 5.74) is 4.36. The summed E-state index contributed by atoms with van der Waals surface area (Å²) < 4.78 is 5.35. The van der Waals surface area contributed by atoms with Crippen LogP contribution in [-0.2, 0) is 22.4 Å². The molecule has 0 saturated carbocycles. The number of ether oxygens (including phenoxy) is 1. The average molecular weight is 379 g/mol. The Morgan fingerprint density at radius 2 is 1.86 bits per heavy atom. The number of ketones is 1. The molecule has 1 fully saturated rings. The topological polar surface area (TPSA) is 71.5 Å². The van der Waals surface area contributed by atoms with E-state index < -0.39 is 0 Å². The van der Waals surface area contributed by atoms with Crippen molar-refractivity contribution in [3.63, 3.8) is 0 Å². The number of nitrogens with zero attached hydrogens (tertiary/aromatic N) is 2. The third-order valence-corrected chi connectivity index (χ3v) is 5.39. The number of amides is 1. The molecule has 2 heterocycles. The second-order valence-electron chi connectivity index (χ2n) is 7.31. The highest BCUT2D eigenvalue weighted by molar-refractivity contribution is 6.00. The summed E-state index contributed by atoms with van der Waals surface area (Å²) in [4.78, 5) is 31.1. The molecule has 2 aromatic rings. The first-order valence-corrected chi connectivity index (χ1v) is 9.93. The molecule has 1 aromatic heterocycles. The van der Waals surface area contributed by atoms with Gasteiger partial charge in [0.15, 0.2) is 5.78 Å². The predicted octanol–water partition coefficient (Wildman–Crippen LogP) is 3.01. The zero-order chi connectivity index (χ0) is 19.3. The summed E-state index contributed by atoms with van der Waals surface area (Å²) in [5, 5.41) is 2.78. The number of morpholine rings is 1. The largest absolute Gasteiger partial charge is 0.378 e. The predicted molar refractivity (Wildman–Crippen MR) is 108 cm³/mol. The minimum absolute atomic E-state index is 0.0143. The molecule has 1 aliphatic heterocycles. The van der Waals surface area contributed by atoms with Crippen LogP contribution < -0.4 is 10.2 Å². The summed E-state index contributed by atoms with van der Waals surface area (Å²) in [6.45, 7) is 3.13. The van der Waals surface area contributed by atoms with Crippen molar-refractivity contribution in [3.8, 4) is 0 Å². The summed E-state index contributed by atoms with van der Waals surface area (Å²) in [5.74, 6) is 0.327. The molecular weight excluding hydrogens is 354 g/mol. The molecule has 28 heavy (non-hydrogen) atoms. The van der Waals surface area contributed by atoms with Crippen LogP contribution in [0, 0.1) is 0 Å². The van der Waals surface area contributed by atoms with E-state index in [4.69, 9.17) is 4.74 Å². The first kappa shape index (κ1) is 18.6. The van der Waals surface area contributed by atoms with Gasteiger partial charge in [-0.3, -0.25) is 9.59 Å². The fourth-order valence-corrected chi connectivity index (χ4v) is 3.79. The number of hydrogen-bond donors (Lipinski definition) is 1. The van der Waals surface area contributed by atoms with Crippen LogP contribution in [0.2, 0.25) is 0 Å². The van der Waals surface area contributed by atoms with Crippen molar-refractivity contribution in [2.45, 2.75) is 32.1 Å². The monoisotopic (exact) mass is 379 g/mol. The zero-order valence-corrected chi connectivity index (χ0v) is 15.9. The zero-order valence-electron chi connectivity index (χ0n) is 15.9. The Bertz CT molecular complexity index is 858. The van der Waals surface area contributed by atoms with Crippen LogP contribution >= 0.6 is 0 Å². The molecule has 0 spiro atoms. The Morgan fingerprint density at radius 1 is 1.04 bits per heavy atom. The molecule has 1 aromatic carbocycles. The molecule has 0 radical (unpaired) electrons. The molecule has 6 heteroatoms. The Morgan fingerprint density at radius 3 is 2.64 bits per heavy atom. The van der Waals surface area contributed by atoms with Gasteiger partial charge in [-0.1, -0.05) is 12.1 Å². The first-order valence-electron chi connectivity index (χ1n) is 9.93. The number of aryl methyl sites for hydroxylation is 2. The highest BCUT2D eigenvalue weighted by Gasteiger charge is 2.15. The fraction of sp³-hybridized carbons (Fsp3) is 0.409. The van der Waals surface area contributed by atoms with Crippen LogP contribution in [0.25, 0.3) is 0 Å². The van der Waals surface area contributed by atoms with E-state index in [9.17, 15) is 9.59 Å². The molecule has 1 saturated heterocycles. The lowest BCUT2D eigenvalue weighted by molar-refractivity contribution is -0.116. The Kier molecular flexibility index (Phi) is 5.67. The number of fused-ring (bicyclic) bond motifs is 1. The molecule has 4 rings (SSSR count). The molecule has 146 valence electrons. The molecule has 1 N–H and O–H groups in total. The van der Waals surface area contributed by atoms with Gasteiger partial charge in [0.2, 0.25) is 5.91 Å². The van der Waals surface area contributed by atoms with Gasteiger partial charge in [-0.05, 0) is 48.6 Å². The highest BCUT2D eigenvalue weighted by Crippen LogP contribution is 2.23. The molecule has 1 amide bonds. The summed E-state index contributed by atoms with van der Waals surface area (Å²) in [6, 6.07) is 9.68. The molecular formula is C22H25N3O3. The van der Waals surface area contributed by atoms with Crippen LogP contribution in [0.4, 0.5) is 11.5 Å². The second kappa shape index (κ2) is 8.52. The number of rotatable bonds is 6. The maximum atomic E-state index is 12.4. The van der Waals surface area contributed by atoms with Crippen molar-refractivity contribution in [1.82, 2.24) is 4.98 Å². The lowest BCUT2D eigenvalue weighted by Gasteiger charge is -2.28. The highest BCUT2D eigenvalue weighted by atomic mass is 16.5. The van der Waals surface area contributed by atoms with Crippen molar-refractivity contribution < 1.29 is 14.3 Å². The maximum absolute atomic E-state index is 12.4. The van der Waals surface area contributed by atoms with Gasteiger partial charge in [0.05, 0.1) is 25.1 Å². The molecule has 0 atom stereocenters. The van der Waals surface area contributed by atoms with E-state index in [0.29, 0.717) is 11.4 Å². The van der Waals surface area contributed by atoms with Crippen LogP contribution in [0.15, 0.2) is 36.5 Å². The van der Waals surface area contributed by atoms with Crippen molar-refractivity contribution in [2.24, 2.45) is 0 Å². The van der Waals surface area contributed by atoms with E-state index in [1.54, 1.807) is 12.3 Å². The second-order valence-corrected chi connectivity index (χ2v) is 7.31. The number of anilines is 2. The minimum atomic E-state index is -0.193. The van der Waals surface area contributed by atoms with Gasteiger partial charge < -0.3 is 15.0 Å². The average Bonchev–Trinajstić information content (AvgIpc) is 3.21. The van der Waals surface area contributed by atoms with Gasteiger partial charge in [-0.2, -0.15) is 0 Å². The first-order chi connectivity index (χ1) is 13.7. The number of Topliss-reactive ketones (excluding diaryl/α,β-unsaturated/α-hetero) is 1. The Hall–Kier alpha value is -2.73. The van der Waals surface area contributed by atoms with Crippen LogP contribution in [0.3, 0.4) is 0 Å². The van der Waals surface area contributed by atoms with Crippen molar-refractivity contribution in [1.29, 1.82) is 0 Å². The number of pyridine rings is 1. The Balaban J connectivity index is 1.27. The molecule has 0 unspecified atom stereocenters. The van der Waals surface area contributed by atoms with E-state index >= 15 is 0 Å². The van der Waals surface area contributed by atoms with Gasteiger partial charge >= 0.3 is 0 Å². The Labute approximate surface area is 164 Å². The van der Waals surface area contributed by atoms with E-state index in [-0.39, 0.29) is 24.5 Å². The van der Waals surface area contributed by atoms with Gasteiger partial charge in [-0.15, -0.1) is 0 Å². The number of carbonyl (C=O) groups is 2. The van der Waals surface area contributed by atoms with E-state index in [1.165, 1.54) is 11.1 Å². The molecule has 0 bridgehead atoms. The van der Waals surface area contributed by atoms with Crippen LogP contribution in [0.5, 0.6) is 0 Å². The van der Waals surface area contributed by atoms with Crippen molar-refractivity contribution in [3.05, 3.63) is 53.2 Å². The van der Waals surface area contributed by atoms with Gasteiger partial charge in [0, 0.05) is 31.5 Å². The minimum Gasteiger partial charge on any atom is -0.378 e. The SMILES string of the molecule is O=C(CCC(=O)c1ccc2c(c1)CCC2)Nc1ccc(N2CCOCC2)cn1. The fourth-order valence-electron chi connectivity index (χ4n) is 3.79. The van der Waals surface area contributed by atoms with Crippen molar-refractivity contribution in [2.75, 3.05) is 36.5 Å². The molecule has 1 aliphatic carbocycles. The van der Waals surface area contributed by atoms with Crippen LogP contribution in [-0.4, -0.2) is 43.0 Å². The molecule has 2 aliphatic rings. The number of hydrogen-bond acceptors (Lipinski definition) is 5. The number of benzene rings is 1. The summed E-state index contributed by atoms with van der Waals surface area (Å²) >= 11 is 0. The third-order valence-electron chi connectivity index (χ3n) is 5.39. The van der Waals surface area contributed by atoms with Crippen molar-refractivity contribution >= 4 is 23.2 Å². The standard InChI is InChI=1S/C22H25N3O3/c26-20(18-5-4-16-2-1-3-17(16)14-18)7-9-22(27)24-21-8-6-19(15-23-21)25-10-12-28-13-11-25/h4-6,8,14-15H,1-3,7,9-13H2,(H,23,24,27). The normalized spacial score (nSPS) is 15.9. The van der Waals surface area contributed by atoms with E-state index in [2.05, 4.69) is 21.3 Å². The van der Waals surface area contributed by atoms with Gasteiger partial charge in [-0.25, -0.2) is 4.98 Å². The quantitative estimate of drug-likeness (QED) is 0.781. The lowest BCUT2D eigenvalue weighted by atomic mass is 10.0. The third kappa shape index (κ3) is 4.39. The number of aromatic nitrogens is 1. The molecule has 6 nitrogen and oxygen atoms in total. The summed E-state index contributed by atoms with van der Waals surface area (Å²) in [6.07, 6.45) is 5.43. The van der Waals surface area contributed by atoms with E-state index in [1.807, 2.05) is 18.2 Å². The van der Waals surface area contributed by atoms with Gasteiger partial charge in [0.1, 0.15) is 5.82 Å². The smallest absolute Gasteiger partial charge is 0.225 e. The summed E-state index contributed by atoms with van der Waals surface area (Å²) in [7, 11) is 0. The number of carbonyl (C=O) groups excluding carboxylic acids is 2. The van der Waals surface area contributed by atoms with Gasteiger partial charge in [0.25, 0.3) is 0 Å².